The van der Waals surface area contributed by atoms with E-state index in [0.29, 0.717) is 5.92 Å². The maximum Gasteiger partial charge on any atom is 0.243 e. The van der Waals surface area contributed by atoms with E-state index in [4.69, 9.17) is 0 Å². The van der Waals surface area contributed by atoms with Crippen molar-refractivity contribution in [2.75, 3.05) is 6.54 Å². The van der Waals surface area contributed by atoms with E-state index in [1.165, 1.54) is 19.3 Å². The highest BCUT2D eigenvalue weighted by atomic mass is 16.2. The number of carbonyl (C=O) groups excluding carboxylic acids is 2. The lowest BCUT2D eigenvalue weighted by Gasteiger charge is -2.46. The first kappa shape index (κ1) is 12.4. The highest BCUT2D eigenvalue weighted by Gasteiger charge is 2.42. The zero-order valence-electron chi connectivity index (χ0n) is 10.9. The van der Waals surface area contributed by atoms with Crippen LogP contribution in [-0.2, 0) is 9.59 Å². The second-order valence-electron chi connectivity index (χ2n) is 5.64. The minimum absolute atomic E-state index is 0.00535. The number of hydrogen-bond acceptors (Lipinski definition) is 2. The van der Waals surface area contributed by atoms with Crippen LogP contribution in [0, 0.1) is 11.8 Å². The van der Waals surface area contributed by atoms with Gasteiger partial charge in [-0.2, -0.15) is 0 Å². The van der Waals surface area contributed by atoms with Gasteiger partial charge >= 0.3 is 0 Å². The van der Waals surface area contributed by atoms with Gasteiger partial charge in [0.2, 0.25) is 11.8 Å². The van der Waals surface area contributed by atoms with Crippen LogP contribution in [0.5, 0.6) is 0 Å². The molecule has 2 unspecified atom stereocenters. The van der Waals surface area contributed by atoms with E-state index in [2.05, 4.69) is 12.2 Å². The van der Waals surface area contributed by atoms with Crippen molar-refractivity contribution in [3.05, 3.63) is 0 Å². The molecule has 0 radical (unpaired) electrons. The van der Waals surface area contributed by atoms with Crippen LogP contribution in [0.2, 0.25) is 0 Å². The highest BCUT2D eigenvalue weighted by molar-refractivity contribution is 5.95. The zero-order chi connectivity index (χ0) is 12.6. The van der Waals surface area contributed by atoms with E-state index in [9.17, 15) is 9.59 Å². The van der Waals surface area contributed by atoms with Gasteiger partial charge in [0.15, 0.2) is 0 Å². The van der Waals surface area contributed by atoms with Gasteiger partial charge in [-0.05, 0) is 31.6 Å². The minimum Gasteiger partial charge on any atom is -0.345 e. The number of carbonyl (C=O) groups is 2. The van der Waals surface area contributed by atoms with E-state index in [1.54, 1.807) is 0 Å². The summed E-state index contributed by atoms with van der Waals surface area (Å²) in [5.41, 5.74) is 0. The molecule has 0 aromatic heterocycles. The molecule has 2 aliphatic rings. The third-order valence-corrected chi connectivity index (χ3v) is 4.17. The molecule has 0 bridgehead atoms. The van der Waals surface area contributed by atoms with Gasteiger partial charge < -0.3 is 10.2 Å². The molecular weight excluding hydrogens is 216 g/mol. The van der Waals surface area contributed by atoms with E-state index < -0.39 is 0 Å². The van der Waals surface area contributed by atoms with Gasteiger partial charge in [-0.1, -0.05) is 20.3 Å². The van der Waals surface area contributed by atoms with Gasteiger partial charge in [0.1, 0.15) is 6.04 Å². The molecule has 1 N–H and O–H groups in total. The molecule has 1 heterocycles. The van der Waals surface area contributed by atoms with Crippen LogP contribution in [-0.4, -0.2) is 35.3 Å². The Kier molecular flexibility index (Phi) is 3.40. The maximum absolute atomic E-state index is 12.1. The van der Waals surface area contributed by atoms with Crippen molar-refractivity contribution in [2.45, 2.75) is 52.1 Å². The average Bonchev–Trinajstić information content (AvgIpc) is 2.17. The largest absolute Gasteiger partial charge is 0.345 e. The van der Waals surface area contributed by atoms with Crippen LogP contribution in [0.1, 0.15) is 40.0 Å². The second kappa shape index (κ2) is 4.67. The molecule has 1 aliphatic carbocycles. The fourth-order valence-corrected chi connectivity index (χ4v) is 2.89. The Labute approximate surface area is 103 Å². The van der Waals surface area contributed by atoms with Crippen LogP contribution >= 0.6 is 0 Å². The Bertz CT molecular complexity index is 323. The molecule has 2 rings (SSSR count). The third kappa shape index (κ3) is 2.17. The molecule has 1 saturated heterocycles. The molecule has 4 heteroatoms. The van der Waals surface area contributed by atoms with Gasteiger partial charge in [-0.3, -0.25) is 9.59 Å². The molecule has 4 nitrogen and oxygen atoms in total. The Morgan fingerprint density at radius 2 is 1.88 bits per heavy atom. The smallest absolute Gasteiger partial charge is 0.243 e. The quantitative estimate of drug-likeness (QED) is 0.802. The van der Waals surface area contributed by atoms with Crippen molar-refractivity contribution in [2.24, 2.45) is 11.8 Å². The van der Waals surface area contributed by atoms with Crippen molar-refractivity contribution >= 4 is 11.8 Å². The van der Waals surface area contributed by atoms with Crippen molar-refractivity contribution < 1.29 is 9.59 Å². The SMILES string of the molecule is CC(C)C1C(=O)NCC(=O)N1C(C)C1CCC1. The maximum atomic E-state index is 12.1. The molecule has 0 spiro atoms. The van der Waals surface area contributed by atoms with Crippen LogP contribution in [0.25, 0.3) is 0 Å². The van der Waals surface area contributed by atoms with E-state index in [1.807, 2.05) is 18.7 Å². The van der Waals surface area contributed by atoms with Crippen LogP contribution < -0.4 is 5.32 Å². The van der Waals surface area contributed by atoms with Gasteiger partial charge in [0.05, 0.1) is 6.54 Å². The third-order valence-electron chi connectivity index (χ3n) is 4.17. The highest BCUT2D eigenvalue weighted by Crippen LogP contribution is 2.34. The molecule has 17 heavy (non-hydrogen) atoms. The predicted molar refractivity (Wildman–Crippen MR) is 65.3 cm³/mol. The van der Waals surface area contributed by atoms with Crippen LogP contribution in [0.4, 0.5) is 0 Å². The standard InChI is InChI=1S/C13H22N2O2/c1-8(2)12-13(17)14-7-11(16)15(12)9(3)10-5-4-6-10/h8-10,12H,4-7H2,1-3H3,(H,14,17). The Morgan fingerprint density at radius 3 is 2.35 bits per heavy atom. The lowest BCUT2D eigenvalue weighted by atomic mass is 9.78. The van der Waals surface area contributed by atoms with Gasteiger partial charge in [0, 0.05) is 6.04 Å². The van der Waals surface area contributed by atoms with Gasteiger partial charge in [-0.25, -0.2) is 0 Å². The molecule has 1 saturated carbocycles. The van der Waals surface area contributed by atoms with Crippen molar-refractivity contribution in [1.82, 2.24) is 10.2 Å². The van der Waals surface area contributed by atoms with E-state index in [-0.39, 0.29) is 36.4 Å². The summed E-state index contributed by atoms with van der Waals surface area (Å²) in [4.78, 5) is 25.8. The Morgan fingerprint density at radius 1 is 1.24 bits per heavy atom. The average molecular weight is 238 g/mol. The summed E-state index contributed by atoms with van der Waals surface area (Å²) in [7, 11) is 0. The summed E-state index contributed by atoms with van der Waals surface area (Å²) in [5.74, 6) is 0.835. The molecule has 2 fully saturated rings. The van der Waals surface area contributed by atoms with E-state index in [0.717, 1.165) is 0 Å². The summed E-state index contributed by atoms with van der Waals surface area (Å²) in [6.07, 6.45) is 3.64. The summed E-state index contributed by atoms with van der Waals surface area (Å²) in [6, 6.07) is -0.0819. The van der Waals surface area contributed by atoms with Crippen LogP contribution in [0.3, 0.4) is 0 Å². The van der Waals surface area contributed by atoms with Crippen molar-refractivity contribution in [1.29, 1.82) is 0 Å². The topological polar surface area (TPSA) is 49.4 Å². The normalized spacial score (nSPS) is 28.0. The molecule has 0 aromatic carbocycles. The first-order chi connectivity index (χ1) is 8.02. The Hall–Kier alpha value is -1.06. The Balaban J connectivity index is 2.18. The van der Waals surface area contributed by atoms with Gasteiger partial charge in [-0.15, -0.1) is 0 Å². The van der Waals surface area contributed by atoms with Crippen LogP contribution in [0.15, 0.2) is 0 Å². The molecule has 2 amide bonds. The fourth-order valence-electron chi connectivity index (χ4n) is 2.89. The molecule has 2 atom stereocenters. The minimum atomic E-state index is -0.285. The number of rotatable bonds is 3. The van der Waals surface area contributed by atoms with Crippen molar-refractivity contribution in [3.63, 3.8) is 0 Å². The lowest BCUT2D eigenvalue weighted by molar-refractivity contribution is -0.152. The number of piperazine rings is 1. The first-order valence-corrected chi connectivity index (χ1v) is 6.61. The summed E-state index contributed by atoms with van der Waals surface area (Å²) >= 11 is 0. The number of nitrogens with zero attached hydrogens (tertiary/aromatic N) is 1. The number of nitrogens with one attached hydrogen (secondary N) is 1. The molecular formula is C13H22N2O2. The molecule has 96 valence electrons. The van der Waals surface area contributed by atoms with Gasteiger partial charge in [0.25, 0.3) is 0 Å². The monoisotopic (exact) mass is 238 g/mol. The molecule has 0 aromatic rings. The van der Waals surface area contributed by atoms with Crippen molar-refractivity contribution in [3.8, 4) is 0 Å². The zero-order valence-corrected chi connectivity index (χ0v) is 10.9. The summed E-state index contributed by atoms with van der Waals surface area (Å²) < 4.78 is 0. The fraction of sp³-hybridized carbons (Fsp3) is 0.846. The number of hydrogen-bond donors (Lipinski definition) is 1. The van der Waals surface area contributed by atoms with E-state index >= 15 is 0 Å². The summed E-state index contributed by atoms with van der Waals surface area (Å²) in [6.45, 7) is 6.27. The number of amides is 2. The predicted octanol–water partition coefficient (Wildman–Crippen LogP) is 1.16. The lowest BCUT2D eigenvalue weighted by Crippen LogP contribution is -2.64. The first-order valence-electron chi connectivity index (χ1n) is 6.61. The summed E-state index contributed by atoms with van der Waals surface area (Å²) in [5, 5.41) is 2.69. The second-order valence-corrected chi connectivity index (χ2v) is 5.64. The molecule has 1 aliphatic heterocycles.